The Bertz CT molecular complexity index is 873. The van der Waals surface area contributed by atoms with Gasteiger partial charge < -0.3 is 19.3 Å². The molecule has 1 saturated heterocycles. The number of fused-ring (bicyclic) bond motifs is 3. The molecule has 0 spiro atoms. The van der Waals surface area contributed by atoms with Gasteiger partial charge in [-0.05, 0) is 29.7 Å². The maximum Gasteiger partial charge on any atom is 0.254 e. The molecular weight excluding hydrogens is 344 g/mol. The van der Waals surface area contributed by atoms with Crippen molar-refractivity contribution >= 4 is 11.8 Å². The SMILES string of the molecule is COc1cc(OC)cc(C(=O)N2CC(=O)N3CCc4ccccc4C3C2)c1. The Hall–Kier alpha value is -3.02. The first-order valence-electron chi connectivity index (χ1n) is 9.00. The highest BCUT2D eigenvalue weighted by atomic mass is 16.5. The summed E-state index contributed by atoms with van der Waals surface area (Å²) in [5.41, 5.74) is 2.85. The van der Waals surface area contributed by atoms with Gasteiger partial charge in [-0.3, -0.25) is 9.59 Å². The van der Waals surface area contributed by atoms with Crippen LogP contribution in [0, 0.1) is 0 Å². The third kappa shape index (κ3) is 3.12. The summed E-state index contributed by atoms with van der Waals surface area (Å²) in [6.45, 7) is 1.29. The van der Waals surface area contributed by atoms with Gasteiger partial charge in [0.05, 0.1) is 20.3 Å². The first kappa shape index (κ1) is 17.4. The number of benzene rings is 2. The third-order valence-electron chi connectivity index (χ3n) is 5.34. The minimum absolute atomic E-state index is 0.0102. The summed E-state index contributed by atoms with van der Waals surface area (Å²) in [7, 11) is 3.09. The average Bonchev–Trinajstić information content (AvgIpc) is 2.72. The molecule has 140 valence electrons. The zero-order valence-electron chi connectivity index (χ0n) is 15.5. The number of amides is 2. The predicted molar refractivity (Wildman–Crippen MR) is 100 cm³/mol. The number of ether oxygens (including phenoxy) is 2. The Labute approximate surface area is 158 Å². The number of methoxy groups -OCH3 is 2. The van der Waals surface area contributed by atoms with Crippen molar-refractivity contribution in [1.82, 2.24) is 9.80 Å². The Balaban J connectivity index is 1.64. The second-order valence-corrected chi connectivity index (χ2v) is 6.84. The molecule has 2 aromatic carbocycles. The molecular formula is C21H22N2O4. The molecule has 2 aromatic rings. The van der Waals surface area contributed by atoms with Crippen molar-refractivity contribution < 1.29 is 19.1 Å². The van der Waals surface area contributed by atoms with Crippen LogP contribution in [0.15, 0.2) is 42.5 Å². The van der Waals surface area contributed by atoms with Gasteiger partial charge in [-0.25, -0.2) is 0 Å². The summed E-state index contributed by atoms with van der Waals surface area (Å²) < 4.78 is 10.5. The van der Waals surface area contributed by atoms with Crippen LogP contribution in [0.5, 0.6) is 11.5 Å². The first-order valence-corrected chi connectivity index (χ1v) is 9.00. The Kier molecular flexibility index (Phi) is 4.48. The lowest BCUT2D eigenvalue weighted by Gasteiger charge is -2.44. The lowest BCUT2D eigenvalue weighted by atomic mass is 9.90. The fourth-order valence-electron chi connectivity index (χ4n) is 3.94. The molecule has 2 amide bonds. The third-order valence-corrected chi connectivity index (χ3v) is 5.34. The van der Waals surface area contributed by atoms with Crippen LogP contribution in [0.3, 0.4) is 0 Å². The van der Waals surface area contributed by atoms with Crippen LogP contribution >= 0.6 is 0 Å². The second kappa shape index (κ2) is 6.95. The second-order valence-electron chi connectivity index (χ2n) is 6.84. The topological polar surface area (TPSA) is 59.1 Å². The molecule has 2 aliphatic rings. The predicted octanol–water partition coefficient (Wildman–Crippen LogP) is 2.29. The summed E-state index contributed by atoms with van der Waals surface area (Å²) in [6, 6.07) is 13.1. The number of carbonyl (C=O) groups is 2. The van der Waals surface area contributed by atoms with E-state index in [9.17, 15) is 9.59 Å². The largest absolute Gasteiger partial charge is 0.497 e. The van der Waals surface area contributed by atoms with E-state index in [1.165, 1.54) is 5.56 Å². The molecule has 0 radical (unpaired) electrons. The van der Waals surface area contributed by atoms with Gasteiger partial charge in [0.25, 0.3) is 5.91 Å². The molecule has 6 nitrogen and oxygen atoms in total. The monoisotopic (exact) mass is 366 g/mol. The minimum Gasteiger partial charge on any atom is -0.497 e. The molecule has 6 heteroatoms. The first-order chi connectivity index (χ1) is 13.1. The quantitative estimate of drug-likeness (QED) is 0.836. The van der Waals surface area contributed by atoms with E-state index in [4.69, 9.17) is 9.47 Å². The molecule has 0 N–H and O–H groups in total. The minimum atomic E-state index is -0.191. The van der Waals surface area contributed by atoms with Crippen molar-refractivity contribution in [2.45, 2.75) is 12.5 Å². The fourth-order valence-corrected chi connectivity index (χ4v) is 3.94. The summed E-state index contributed by atoms with van der Waals surface area (Å²) in [5.74, 6) is 0.892. The van der Waals surface area contributed by atoms with Gasteiger partial charge in [0, 0.05) is 24.7 Å². The Morgan fingerprint density at radius 3 is 2.48 bits per heavy atom. The van der Waals surface area contributed by atoms with Crippen molar-refractivity contribution in [2.75, 3.05) is 33.9 Å². The molecule has 0 saturated carbocycles. The lowest BCUT2D eigenvalue weighted by Crippen LogP contribution is -2.55. The Morgan fingerprint density at radius 1 is 1.07 bits per heavy atom. The number of piperazine rings is 1. The van der Waals surface area contributed by atoms with E-state index < -0.39 is 0 Å². The smallest absolute Gasteiger partial charge is 0.254 e. The van der Waals surface area contributed by atoms with Crippen molar-refractivity contribution in [3.8, 4) is 11.5 Å². The van der Waals surface area contributed by atoms with E-state index in [0.29, 0.717) is 30.2 Å². The highest BCUT2D eigenvalue weighted by Gasteiger charge is 2.38. The van der Waals surface area contributed by atoms with E-state index in [0.717, 1.165) is 12.0 Å². The molecule has 2 aliphatic heterocycles. The molecule has 1 atom stereocenters. The number of nitrogens with zero attached hydrogens (tertiary/aromatic N) is 2. The zero-order chi connectivity index (χ0) is 19.0. The number of rotatable bonds is 3. The normalized spacial score (nSPS) is 18.6. The van der Waals surface area contributed by atoms with Crippen LogP contribution in [0.2, 0.25) is 0 Å². The van der Waals surface area contributed by atoms with E-state index in [1.807, 2.05) is 17.0 Å². The van der Waals surface area contributed by atoms with Gasteiger partial charge in [0.2, 0.25) is 5.91 Å². The molecule has 4 rings (SSSR count). The fraction of sp³-hybridized carbons (Fsp3) is 0.333. The maximum atomic E-state index is 13.1. The maximum absolute atomic E-state index is 13.1. The standard InChI is InChI=1S/C21H22N2O4/c1-26-16-9-15(10-17(11-16)27-2)21(25)22-12-19-18-6-4-3-5-14(18)7-8-23(19)20(24)13-22/h3-6,9-11,19H,7-8,12-13H2,1-2H3. The van der Waals surface area contributed by atoms with Crippen molar-refractivity contribution in [3.05, 3.63) is 59.2 Å². The molecule has 0 aliphatic carbocycles. The molecule has 1 unspecified atom stereocenters. The summed E-state index contributed by atoms with van der Waals surface area (Å²) in [4.78, 5) is 29.4. The van der Waals surface area contributed by atoms with Crippen LogP contribution in [-0.4, -0.2) is 55.5 Å². The van der Waals surface area contributed by atoms with Crippen molar-refractivity contribution in [3.63, 3.8) is 0 Å². The van der Waals surface area contributed by atoms with Crippen molar-refractivity contribution in [2.24, 2.45) is 0 Å². The van der Waals surface area contributed by atoms with Crippen molar-refractivity contribution in [1.29, 1.82) is 0 Å². The molecule has 0 aromatic heterocycles. The van der Waals surface area contributed by atoms with E-state index in [1.54, 1.807) is 37.3 Å². The van der Waals surface area contributed by atoms with Crippen LogP contribution in [-0.2, 0) is 11.2 Å². The molecule has 0 bridgehead atoms. The van der Waals surface area contributed by atoms with E-state index in [-0.39, 0.29) is 24.4 Å². The number of hydrogen-bond donors (Lipinski definition) is 0. The molecule has 1 fully saturated rings. The van der Waals surface area contributed by atoms with Crippen LogP contribution in [0.25, 0.3) is 0 Å². The summed E-state index contributed by atoms with van der Waals surface area (Å²) >= 11 is 0. The van der Waals surface area contributed by atoms with Crippen LogP contribution in [0.1, 0.15) is 27.5 Å². The average molecular weight is 366 g/mol. The van der Waals surface area contributed by atoms with Gasteiger partial charge in [-0.2, -0.15) is 0 Å². The van der Waals surface area contributed by atoms with Gasteiger partial charge in [0.15, 0.2) is 0 Å². The zero-order valence-corrected chi connectivity index (χ0v) is 15.5. The van der Waals surface area contributed by atoms with Crippen LogP contribution < -0.4 is 9.47 Å². The van der Waals surface area contributed by atoms with Gasteiger partial charge in [0.1, 0.15) is 18.0 Å². The van der Waals surface area contributed by atoms with Gasteiger partial charge in [-0.1, -0.05) is 24.3 Å². The van der Waals surface area contributed by atoms with Gasteiger partial charge in [-0.15, -0.1) is 0 Å². The summed E-state index contributed by atoms with van der Waals surface area (Å²) in [6.07, 6.45) is 0.861. The number of hydrogen-bond acceptors (Lipinski definition) is 4. The molecule has 27 heavy (non-hydrogen) atoms. The Morgan fingerprint density at radius 2 is 1.78 bits per heavy atom. The van der Waals surface area contributed by atoms with Gasteiger partial charge >= 0.3 is 0 Å². The highest BCUT2D eigenvalue weighted by molar-refractivity contribution is 5.98. The van der Waals surface area contributed by atoms with E-state index >= 15 is 0 Å². The number of carbonyl (C=O) groups excluding carboxylic acids is 2. The lowest BCUT2D eigenvalue weighted by molar-refractivity contribution is -0.139. The van der Waals surface area contributed by atoms with Crippen LogP contribution in [0.4, 0.5) is 0 Å². The summed E-state index contributed by atoms with van der Waals surface area (Å²) in [5, 5.41) is 0. The molecule has 2 heterocycles. The van der Waals surface area contributed by atoms with E-state index in [2.05, 4.69) is 12.1 Å². The highest BCUT2D eigenvalue weighted by Crippen LogP contribution is 2.34.